The van der Waals surface area contributed by atoms with Crippen LogP contribution in [0.4, 0.5) is 0 Å². The van der Waals surface area contributed by atoms with E-state index in [1.165, 1.54) is 5.56 Å². The van der Waals surface area contributed by atoms with Crippen LogP contribution in [0.25, 0.3) is 5.69 Å². The van der Waals surface area contributed by atoms with E-state index in [1.807, 2.05) is 62.1 Å². The number of nitrogens with one attached hydrogen (secondary N) is 1. The van der Waals surface area contributed by atoms with E-state index in [2.05, 4.69) is 21.6 Å². The molecule has 2 aliphatic rings. The highest BCUT2D eigenvalue weighted by Crippen LogP contribution is 2.30. The summed E-state index contributed by atoms with van der Waals surface area (Å²) in [7, 11) is 0. The first-order chi connectivity index (χ1) is 15.9. The summed E-state index contributed by atoms with van der Waals surface area (Å²) in [5.74, 6) is -0.126. The van der Waals surface area contributed by atoms with Crippen molar-refractivity contribution >= 4 is 11.8 Å². The third kappa shape index (κ3) is 4.67. The maximum atomic E-state index is 13.5. The lowest BCUT2D eigenvalue weighted by molar-refractivity contribution is 0.0722. The number of nitrogens with zero attached hydrogens (tertiary/aromatic N) is 4. The minimum absolute atomic E-state index is 0.0298. The molecule has 2 amide bonds. The number of rotatable bonds is 7. The minimum atomic E-state index is -0.0958. The monoisotopic (exact) mass is 443 g/mol. The molecule has 1 heterocycles. The summed E-state index contributed by atoms with van der Waals surface area (Å²) >= 11 is 0. The molecule has 2 aliphatic carbocycles. The van der Waals surface area contributed by atoms with Crippen molar-refractivity contribution < 1.29 is 9.59 Å². The van der Waals surface area contributed by atoms with Crippen LogP contribution >= 0.6 is 0 Å². The normalized spacial score (nSPS) is 15.4. The molecule has 0 saturated heterocycles. The van der Waals surface area contributed by atoms with E-state index in [9.17, 15) is 9.59 Å². The third-order valence-corrected chi connectivity index (χ3v) is 6.28. The van der Waals surface area contributed by atoms with Gasteiger partial charge in [-0.3, -0.25) is 9.59 Å². The van der Waals surface area contributed by atoms with Crippen LogP contribution in [-0.4, -0.2) is 43.8 Å². The third-order valence-electron chi connectivity index (χ3n) is 6.28. The summed E-state index contributed by atoms with van der Waals surface area (Å²) < 4.78 is 0. The molecule has 2 fully saturated rings. The van der Waals surface area contributed by atoms with Gasteiger partial charge >= 0.3 is 0 Å². The first-order valence-corrected chi connectivity index (χ1v) is 11.6. The van der Waals surface area contributed by atoms with Crippen LogP contribution in [0.15, 0.2) is 42.5 Å². The van der Waals surface area contributed by atoms with E-state index in [-0.39, 0.29) is 17.9 Å². The Balaban J connectivity index is 1.34. The van der Waals surface area contributed by atoms with E-state index < -0.39 is 0 Å². The van der Waals surface area contributed by atoms with Crippen molar-refractivity contribution in [2.45, 2.75) is 65.1 Å². The average molecular weight is 444 g/mol. The molecule has 7 nitrogen and oxygen atoms in total. The fraction of sp³-hybridized carbons (Fsp3) is 0.385. The van der Waals surface area contributed by atoms with Crippen LogP contribution in [0, 0.1) is 20.8 Å². The standard InChI is InChI=1S/C26H29N5O2/c1-16-4-13-23(17(2)14-16)31-28-18(3)24(29-31)26(33)30(22-11-12-22)15-19-5-7-20(8-6-19)25(32)27-21-9-10-21/h4-8,13-14,21-22H,9-12,15H2,1-3H3,(H,27,32). The molecule has 0 radical (unpaired) electrons. The molecule has 0 atom stereocenters. The zero-order chi connectivity index (χ0) is 23.1. The lowest BCUT2D eigenvalue weighted by Gasteiger charge is -2.22. The summed E-state index contributed by atoms with van der Waals surface area (Å²) in [6.07, 6.45) is 4.13. The van der Waals surface area contributed by atoms with E-state index in [0.29, 0.717) is 29.5 Å². The largest absolute Gasteiger partial charge is 0.349 e. The molecule has 1 N–H and O–H groups in total. The van der Waals surface area contributed by atoms with Crippen molar-refractivity contribution in [3.63, 3.8) is 0 Å². The zero-order valence-corrected chi connectivity index (χ0v) is 19.3. The van der Waals surface area contributed by atoms with Gasteiger partial charge in [-0.05, 0) is 75.8 Å². The lowest BCUT2D eigenvalue weighted by atomic mass is 10.1. The van der Waals surface area contributed by atoms with Crippen LogP contribution in [0.1, 0.15) is 68.9 Å². The van der Waals surface area contributed by atoms with Gasteiger partial charge < -0.3 is 10.2 Å². The van der Waals surface area contributed by atoms with Gasteiger partial charge in [-0.2, -0.15) is 9.90 Å². The van der Waals surface area contributed by atoms with E-state index in [0.717, 1.165) is 42.5 Å². The van der Waals surface area contributed by atoms with Gasteiger partial charge in [0.15, 0.2) is 5.69 Å². The fourth-order valence-corrected chi connectivity index (χ4v) is 4.06. The van der Waals surface area contributed by atoms with Crippen molar-refractivity contribution in [2.75, 3.05) is 0 Å². The minimum Gasteiger partial charge on any atom is -0.349 e. The number of aromatic nitrogens is 3. The Hall–Kier alpha value is -3.48. The number of aryl methyl sites for hydroxylation is 3. The predicted molar refractivity (Wildman–Crippen MR) is 125 cm³/mol. The molecule has 170 valence electrons. The number of carbonyl (C=O) groups is 2. The van der Waals surface area contributed by atoms with Gasteiger partial charge in [-0.15, -0.1) is 5.10 Å². The summed E-state index contributed by atoms with van der Waals surface area (Å²) in [4.78, 5) is 29.2. The van der Waals surface area contributed by atoms with Crippen LogP contribution in [-0.2, 0) is 6.54 Å². The Bertz CT molecular complexity index is 1210. The number of hydrogen-bond donors (Lipinski definition) is 1. The molecule has 7 heteroatoms. The molecule has 0 spiro atoms. The average Bonchev–Trinajstić information content (AvgIpc) is 3.72. The Labute approximate surface area is 193 Å². The Morgan fingerprint density at radius 2 is 1.73 bits per heavy atom. The Kier molecular flexibility index (Phi) is 5.48. The molecule has 5 rings (SSSR count). The molecule has 0 aliphatic heterocycles. The smallest absolute Gasteiger partial charge is 0.276 e. The first-order valence-electron chi connectivity index (χ1n) is 11.6. The van der Waals surface area contributed by atoms with Crippen molar-refractivity contribution in [3.8, 4) is 5.69 Å². The summed E-state index contributed by atoms with van der Waals surface area (Å²) in [5.41, 5.74) is 5.78. The van der Waals surface area contributed by atoms with Gasteiger partial charge in [0.05, 0.1) is 11.4 Å². The van der Waals surface area contributed by atoms with Crippen LogP contribution in [0.5, 0.6) is 0 Å². The Morgan fingerprint density at radius 3 is 2.36 bits per heavy atom. The van der Waals surface area contributed by atoms with Crippen LogP contribution in [0.2, 0.25) is 0 Å². The molecule has 2 saturated carbocycles. The molecular weight excluding hydrogens is 414 g/mol. The Morgan fingerprint density at radius 1 is 1.00 bits per heavy atom. The second-order valence-electron chi connectivity index (χ2n) is 9.32. The van der Waals surface area contributed by atoms with E-state index >= 15 is 0 Å². The molecule has 2 aromatic carbocycles. The van der Waals surface area contributed by atoms with Crippen molar-refractivity contribution in [1.29, 1.82) is 0 Å². The predicted octanol–water partition coefficient (Wildman–Crippen LogP) is 3.89. The van der Waals surface area contributed by atoms with E-state index in [4.69, 9.17) is 0 Å². The van der Waals surface area contributed by atoms with Crippen LogP contribution < -0.4 is 5.32 Å². The van der Waals surface area contributed by atoms with Gasteiger partial charge in [0, 0.05) is 24.2 Å². The van der Waals surface area contributed by atoms with Gasteiger partial charge in [0.25, 0.3) is 11.8 Å². The lowest BCUT2D eigenvalue weighted by Crippen LogP contribution is -2.33. The number of hydrogen-bond acceptors (Lipinski definition) is 4. The maximum Gasteiger partial charge on any atom is 0.276 e. The topological polar surface area (TPSA) is 80.1 Å². The molecule has 1 aromatic heterocycles. The quantitative estimate of drug-likeness (QED) is 0.601. The van der Waals surface area contributed by atoms with Crippen LogP contribution in [0.3, 0.4) is 0 Å². The molecule has 0 unspecified atom stereocenters. The van der Waals surface area contributed by atoms with Gasteiger partial charge in [0.1, 0.15) is 0 Å². The fourth-order valence-electron chi connectivity index (χ4n) is 4.06. The maximum absolute atomic E-state index is 13.5. The van der Waals surface area contributed by atoms with Crippen molar-refractivity contribution in [1.82, 2.24) is 25.2 Å². The highest BCUT2D eigenvalue weighted by molar-refractivity contribution is 5.95. The first kappa shape index (κ1) is 21.4. The number of benzene rings is 2. The number of carbonyl (C=O) groups excluding carboxylic acids is 2. The molecule has 3 aromatic rings. The zero-order valence-electron chi connectivity index (χ0n) is 19.3. The highest BCUT2D eigenvalue weighted by Gasteiger charge is 2.35. The van der Waals surface area contributed by atoms with Gasteiger partial charge in [-0.1, -0.05) is 29.8 Å². The molecule has 33 heavy (non-hydrogen) atoms. The summed E-state index contributed by atoms with van der Waals surface area (Å²) in [5, 5.41) is 12.1. The van der Waals surface area contributed by atoms with Crippen molar-refractivity contribution in [2.24, 2.45) is 0 Å². The highest BCUT2D eigenvalue weighted by atomic mass is 16.2. The molecule has 0 bridgehead atoms. The van der Waals surface area contributed by atoms with Crippen molar-refractivity contribution in [3.05, 3.63) is 76.1 Å². The molecular formula is C26H29N5O2. The SMILES string of the molecule is Cc1ccc(-n2nc(C)c(C(=O)N(Cc3ccc(C(=O)NC4CC4)cc3)C3CC3)n2)c(C)c1. The summed E-state index contributed by atoms with van der Waals surface area (Å²) in [6.45, 7) is 6.39. The number of amides is 2. The van der Waals surface area contributed by atoms with Gasteiger partial charge in [0.2, 0.25) is 0 Å². The second-order valence-corrected chi connectivity index (χ2v) is 9.32. The summed E-state index contributed by atoms with van der Waals surface area (Å²) in [6, 6.07) is 14.2. The van der Waals surface area contributed by atoms with E-state index in [1.54, 1.807) is 4.80 Å². The second kappa shape index (κ2) is 8.46. The van der Waals surface area contributed by atoms with Gasteiger partial charge in [-0.25, -0.2) is 0 Å².